The number of ether oxygens (including phenoxy) is 1. The Morgan fingerprint density at radius 1 is 0.882 bits per heavy atom. The van der Waals surface area contributed by atoms with E-state index in [1.54, 1.807) is 0 Å². The van der Waals surface area contributed by atoms with Crippen LogP contribution in [0.1, 0.15) is 18.1 Å². The molecule has 0 aromatic heterocycles. The number of alkyl halides is 1. The molecule has 0 radical (unpaired) electrons. The summed E-state index contributed by atoms with van der Waals surface area (Å²) >= 11 is 5.83. The second kappa shape index (κ2) is 6.31. The van der Waals surface area contributed by atoms with Crippen LogP contribution in [0.5, 0.6) is 5.75 Å². The molecule has 0 fully saturated rings. The lowest BCUT2D eigenvalue weighted by molar-refractivity contribution is 0.202. The minimum atomic E-state index is 0.0242. The lowest BCUT2D eigenvalue weighted by Crippen LogP contribution is -2.08. The molecule has 0 heterocycles. The zero-order valence-electron chi connectivity index (χ0n) is 9.55. The smallest absolute Gasteiger partial charge is 0.125 e. The molecule has 0 bridgehead atoms. The Kier molecular flexibility index (Phi) is 4.45. The Labute approximate surface area is 107 Å². The summed E-state index contributed by atoms with van der Waals surface area (Å²) in [5.41, 5.74) is 1.16. The van der Waals surface area contributed by atoms with Crippen LogP contribution >= 0.6 is 11.6 Å². The molecule has 0 aliphatic carbocycles. The van der Waals surface area contributed by atoms with E-state index in [0.717, 1.165) is 17.7 Å². The summed E-state index contributed by atoms with van der Waals surface area (Å²) in [5, 5.41) is 0. The fraction of sp³-hybridized carbons (Fsp3) is 0.200. The van der Waals surface area contributed by atoms with Crippen molar-refractivity contribution in [3.8, 4) is 5.75 Å². The van der Waals surface area contributed by atoms with E-state index in [0.29, 0.717) is 5.88 Å². The van der Waals surface area contributed by atoms with E-state index in [2.05, 4.69) is 12.1 Å². The van der Waals surface area contributed by atoms with E-state index >= 15 is 0 Å². The van der Waals surface area contributed by atoms with Crippen LogP contribution in [0.2, 0.25) is 0 Å². The highest BCUT2D eigenvalue weighted by atomic mass is 35.5. The first kappa shape index (κ1) is 12.0. The van der Waals surface area contributed by atoms with Gasteiger partial charge in [0.15, 0.2) is 0 Å². The normalized spacial score (nSPS) is 12.1. The van der Waals surface area contributed by atoms with Gasteiger partial charge in [0.1, 0.15) is 11.9 Å². The van der Waals surface area contributed by atoms with Crippen LogP contribution in [0.15, 0.2) is 60.7 Å². The Morgan fingerprint density at radius 3 is 2.06 bits per heavy atom. The third-order valence-electron chi connectivity index (χ3n) is 2.56. The van der Waals surface area contributed by atoms with Crippen molar-refractivity contribution in [1.29, 1.82) is 0 Å². The van der Waals surface area contributed by atoms with E-state index in [1.807, 2.05) is 48.5 Å². The molecule has 0 unspecified atom stereocenters. The predicted octanol–water partition coefficient (Wildman–Crippen LogP) is 4.44. The fourth-order valence-corrected chi connectivity index (χ4v) is 1.92. The Hall–Kier alpha value is -1.47. The largest absolute Gasteiger partial charge is 0.486 e. The summed E-state index contributed by atoms with van der Waals surface area (Å²) in [7, 11) is 0. The van der Waals surface area contributed by atoms with Crippen LogP contribution in [0, 0.1) is 0 Å². The third-order valence-corrected chi connectivity index (χ3v) is 2.78. The van der Waals surface area contributed by atoms with Gasteiger partial charge < -0.3 is 4.74 Å². The van der Waals surface area contributed by atoms with Gasteiger partial charge in [-0.2, -0.15) is 0 Å². The number of para-hydroxylation sites is 1. The lowest BCUT2D eigenvalue weighted by atomic mass is 10.1. The summed E-state index contributed by atoms with van der Waals surface area (Å²) in [4.78, 5) is 0. The molecule has 2 aromatic carbocycles. The first-order chi connectivity index (χ1) is 8.40. The van der Waals surface area contributed by atoms with Gasteiger partial charge in [-0.1, -0.05) is 48.5 Å². The van der Waals surface area contributed by atoms with Crippen molar-refractivity contribution in [3.05, 3.63) is 66.2 Å². The van der Waals surface area contributed by atoms with Gasteiger partial charge in [-0.3, -0.25) is 0 Å². The van der Waals surface area contributed by atoms with Gasteiger partial charge in [-0.05, 0) is 17.7 Å². The number of halogens is 1. The van der Waals surface area contributed by atoms with Crippen molar-refractivity contribution in [2.45, 2.75) is 12.5 Å². The first-order valence-electron chi connectivity index (χ1n) is 5.73. The van der Waals surface area contributed by atoms with Crippen molar-refractivity contribution < 1.29 is 4.74 Å². The molecule has 0 aliphatic rings. The molecule has 2 heteroatoms. The van der Waals surface area contributed by atoms with Gasteiger partial charge in [0.05, 0.1) is 0 Å². The van der Waals surface area contributed by atoms with Crippen LogP contribution in [-0.2, 0) is 0 Å². The van der Waals surface area contributed by atoms with Crippen molar-refractivity contribution >= 4 is 11.6 Å². The molecule has 0 saturated carbocycles. The van der Waals surface area contributed by atoms with E-state index in [4.69, 9.17) is 16.3 Å². The second-order valence-corrected chi connectivity index (χ2v) is 4.19. The molecule has 0 N–H and O–H groups in total. The Bertz CT molecular complexity index is 427. The van der Waals surface area contributed by atoms with Gasteiger partial charge in [0.25, 0.3) is 0 Å². The number of benzene rings is 2. The zero-order chi connectivity index (χ0) is 11.9. The quantitative estimate of drug-likeness (QED) is 0.709. The SMILES string of the molecule is ClCC[C@H](Oc1ccccc1)c1ccccc1. The van der Waals surface area contributed by atoms with Gasteiger partial charge >= 0.3 is 0 Å². The van der Waals surface area contributed by atoms with Crippen LogP contribution in [0.4, 0.5) is 0 Å². The second-order valence-electron chi connectivity index (χ2n) is 3.81. The topological polar surface area (TPSA) is 9.23 Å². The van der Waals surface area contributed by atoms with Crippen molar-refractivity contribution in [1.82, 2.24) is 0 Å². The fourth-order valence-electron chi connectivity index (χ4n) is 1.72. The molecule has 0 amide bonds. The monoisotopic (exact) mass is 246 g/mol. The maximum absolute atomic E-state index is 5.96. The van der Waals surface area contributed by atoms with Gasteiger partial charge in [-0.25, -0.2) is 0 Å². The van der Waals surface area contributed by atoms with E-state index in [-0.39, 0.29) is 6.10 Å². The molecule has 1 nitrogen and oxygen atoms in total. The van der Waals surface area contributed by atoms with Crippen LogP contribution in [0.25, 0.3) is 0 Å². The molecular weight excluding hydrogens is 232 g/mol. The molecule has 0 saturated heterocycles. The van der Waals surface area contributed by atoms with Crippen molar-refractivity contribution in [3.63, 3.8) is 0 Å². The van der Waals surface area contributed by atoms with E-state index in [9.17, 15) is 0 Å². The summed E-state index contributed by atoms with van der Waals surface area (Å²) in [6, 6.07) is 20.0. The number of rotatable bonds is 5. The van der Waals surface area contributed by atoms with E-state index < -0.39 is 0 Å². The highest BCUT2D eigenvalue weighted by Crippen LogP contribution is 2.24. The zero-order valence-corrected chi connectivity index (χ0v) is 10.3. The van der Waals surface area contributed by atoms with Crippen LogP contribution in [-0.4, -0.2) is 5.88 Å². The summed E-state index contributed by atoms with van der Waals surface area (Å²) in [5.74, 6) is 1.47. The molecule has 17 heavy (non-hydrogen) atoms. The van der Waals surface area contributed by atoms with Crippen molar-refractivity contribution in [2.75, 3.05) is 5.88 Å². The van der Waals surface area contributed by atoms with Crippen molar-refractivity contribution in [2.24, 2.45) is 0 Å². The molecule has 2 rings (SSSR count). The molecule has 2 aromatic rings. The molecule has 1 atom stereocenters. The first-order valence-corrected chi connectivity index (χ1v) is 6.26. The average Bonchev–Trinajstić information content (AvgIpc) is 2.40. The third kappa shape index (κ3) is 3.50. The Morgan fingerprint density at radius 2 is 1.47 bits per heavy atom. The van der Waals surface area contributed by atoms with Gasteiger partial charge in [0, 0.05) is 12.3 Å². The average molecular weight is 247 g/mol. The molecule has 0 spiro atoms. The molecular formula is C15H15ClO. The van der Waals surface area contributed by atoms with Crippen LogP contribution in [0.3, 0.4) is 0 Å². The Balaban J connectivity index is 2.13. The highest BCUT2D eigenvalue weighted by molar-refractivity contribution is 6.17. The highest BCUT2D eigenvalue weighted by Gasteiger charge is 2.11. The van der Waals surface area contributed by atoms with Crippen LogP contribution < -0.4 is 4.74 Å². The summed E-state index contributed by atoms with van der Waals surface area (Å²) in [6.45, 7) is 0. The standard InChI is InChI=1S/C15H15ClO/c16-12-11-15(13-7-3-1-4-8-13)17-14-9-5-2-6-10-14/h1-10,15H,11-12H2/t15-/m0/s1. The number of hydrogen-bond acceptors (Lipinski definition) is 1. The molecule has 88 valence electrons. The van der Waals surface area contributed by atoms with E-state index in [1.165, 1.54) is 0 Å². The molecule has 0 aliphatic heterocycles. The van der Waals surface area contributed by atoms with Gasteiger partial charge in [-0.15, -0.1) is 11.6 Å². The minimum Gasteiger partial charge on any atom is -0.486 e. The lowest BCUT2D eigenvalue weighted by Gasteiger charge is -2.18. The van der Waals surface area contributed by atoms with Gasteiger partial charge in [0.2, 0.25) is 0 Å². The minimum absolute atomic E-state index is 0.0242. The summed E-state index contributed by atoms with van der Waals surface area (Å²) in [6.07, 6.45) is 0.830. The summed E-state index contributed by atoms with van der Waals surface area (Å²) < 4.78 is 5.96. The number of hydrogen-bond donors (Lipinski definition) is 0. The maximum atomic E-state index is 5.96. The maximum Gasteiger partial charge on any atom is 0.125 e. The predicted molar refractivity (Wildman–Crippen MR) is 71.6 cm³/mol.